The number of benzene rings is 1. The van der Waals surface area contributed by atoms with E-state index in [4.69, 9.17) is 15.7 Å². The summed E-state index contributed by atoms with van der Waals surface area (Å²) < 4.78 is 6.05. The topological polar surface area (TPSA) is 59.0 Å². The number of nitriles is 1. The minimum atomic E-state index is -0.123. The Kier molecular flexibility index (Phi) is 5.16. The maximum absolute atomic E-state index is 8.67. The van der Waals surface area contributed by atoms with Gasteiger partial charge in [-0.25, -0.2) is 0 Å². The first-order valence-electron chi connectivity index (χ1n) is 6.66. The van der Waals surface area contributed by atoms with Crippen LogP contribution in [0, 0.1) is 11.3 Å². The maximum atomic E-state index is 8.67. The van der Waals surface area contributed by atoms with Gasteiger partial charge in [0.2, 0.25) is 0 Å². The lowest BCUT2D eigenvalue weighted by atomic mass is 10.1. The summed E-state index contributed by atoms with van der Waals surface area (Å²) in [6.45, 7) is 2.06. The predicted molar refractivity (Wildman–Crippen MR) is 81.7 cm³/mol. The third kappa shape index (κ3) is 3.60. The van der Waals surface area contributed by atoms with Crippen molar-refractivity contribution in [2.45, 2.75) is 31.9 Å². The van der Waals surface area contributed by atoms with E-state index in [0.717, 1.165) is 22.6 Å². The van der Waals surface area contributed by atoms with Crippen LogP contribution in [0.25, 0.3) is 0 Å². The molecule has 2 rings (SSSR count). The van der Waals surface area contributed by atoms with Crippen molar-refractivity contribution in [2.24, 2.45) is 5.73 Å². The lowest BCUT2D eigenvalue weighted by Crippen LogP contribution is -2.30. The quantitative estimate of drug-likeness (QED) is 0.881. The van der Waals surface area contributed by atoms with Gasteiger partial charge in [-0.15, -0.1) is 11.3 Å². The molecule has 104 valence electrons. The van der Waals surface area contributed by atoms with Crippen LogP contribution in [0.5, 0.6) is 5.75 Å². The second-order valence-corrected chi connectivity index (χ2v) is 5.58. The predicted octanol–water partition coefficient (Wildman–Crippen LogP) is 3.67. The highest BCUT2D eigenvalue weighted by Gasteiger charge is 2.21. The van der Waals surface area contributed by atoms with Gasteiger partial charge in [0, 0.05) is 10.9 Å². The molecular formula is C16H18N2OS. The third-order valence-electron chi connectivity index (χ3n) is 3.15. The van der Waals surface area contributed by atoms with E-state index in [1.807, 2.05) is 35.7 Å². The summed E-state index contributed by atoms with van der Waals surface area (Å²) in [7, 11) is 0. The number of nitrogens with zero attached hydrogens (tertiary/aromatic N) is 1. The van der Waals surface area contributed by atoms with Crippen molar-refractivity contribution in [3.63, 3.8) is 0 Å². The van der Waals surface area contributed by atoms with Crippen molar-refractivity contribution in [3.8, 4) is 11.8 Å². The number of rotatable bonds is 6. The molecule has 0 fully saturated rings. The Morgan fingerprint density at radius 2 is 2.05 bits per heavy atom. The average Bonchev–Trinajstić information content (AvgIpc) is 3.00. The fourth-order valence-electron chi connectivity index (χ4n) is 1.95. The van der Waals surface area contributed by atoms with E-state index in [2.05, 4.69) is 19.1 Å². The molecule has 0 spiro atoms. The van der Waals surface area contributed by atoms with E-state index < -0.39 is 0 Å². The van der Waals surface area contributed by atoms with E-state index in [1.54, 1.807) is 11.3 Å². The first-order chi connectivity index (χ1) is 9.74. The Hall–Kier alpha value is -1.83. The van der Waals surface area contributed by atoms with Crippen molar-refractivity contribution >= 4 is 11.3 Å². The molecule has 0 saturated carbocycles. The summed E-state index contributed by atoms with van der Waals surface area (Å²) in [6.07, 6.45) is 1.15. The largest absolute Gasteiger partial charge is 0.483 e. The molecule has 2 unspecified atom stereocenters. The zero-order valence-electron chi connectivity index (χ0n) is 11.5. The van der Waals surface area contributed by atoms with Gasteiger partial charge in [-0.05, 0) is 35.6 Å². The molecule has 0 aliphatic rings. The second kappa shape index (κ2) is 7.09. The molecule has 20 heavy (non-hydrogen) atoms. The van der Waals surface area contributed by atoms with Crippen molar-refractivity contribution in [1.82, 2.24) is 0 Å². The summed E-state index contributed by atoms with van der Waals surface area (Å²) in [6, 6.07) is 13.8. The van der Waals surface area contributed by atoms with E-state index >= 15 is 0 Å². The van der Waals surface area contributed by atoms with E-state index in [1.165, 1.54) is 0 Å². The number of ether oxygens (including phenoxy) is 1. The molecule has 0 aliphatic heterocycles. The molecule has 0 amide bonds. The second-order valence-electron chi connectivity index (χ2n) is 4.60. The van der Waals surface area contributed by atoms with Crippen molar-refractivity contribution < 1.29 is 4.74 Å². The monoisotopic (exact) mass is 286 g/mol. The number of hydrogen-bond acceptors (Lipinski definition) is 4. The molecule has 0 bridgehead atoms. The van der Waals surface area contributed by atoms with Crippen LogP contribution in [0.1, 0.15) is 29.9 Å². The van der Waals surface area contributed by atoms with E-state index in [0.29, 0.717) is 6.42 Å². The van der Waals surface area contributed by atoms with E-state index in [9.17, 15) is 0 Å². The first-order valence-corrected chi connectivity index (χ1v) is 7.54. The van der Waals surface area contributed by atoms with Gasteiger partial charge in [-0.3, -0.25) is 0 Å². The highest BCUT2D eigenvalue weighted by molar-refractivity contribution is 7.10. The molecule has 2 N–H and O–H groups in total. The summed E-state index contributed by atoms with van der Waals surface area (Å²) in [5.41, 5.74) is 7.17. The Morgan fingerprint density at radius 3 is 2.60 bits per heavy atom. The van der Waals surface area contributed by atoms with Gasteiger partial charge in [0.1, 0.15) is 11.9 Å². The van der Waals surface area contributed by atoms with Gasteiger partial charge in [-0.2, -0.15) is 5.26 Å². The van der Waals surface area contributed by atoms with Crippen molar-refractivity contribution in [2.75, 3.05) is 0 Å². The molecule has 0 saturated heterocycles. The minimum Gasteiger partial charge on any atom is -0.483 e. The highest BCUT2D eigenvalue weighted by atomic mass is 32.1. The summed E-state index contributed by atoms with van der Waals surface area (Å²) in [5.74, 6) is 0.786. The molecule has 0 radical (unpaired) electrons. The van der Waals surface area contributed by atoms with Crippen molar-refractivity contribution in [3.05, 3.63) is 52.2 Å². The Bertz CT molecular complexity index is 557. The minimum absolute atomic E-state index is 0.0348. The smallest absolute Gasteiger partial charge is 0.148 e. The molecule has 3 nitrogen and oxygen atoms in total. The fourth-order valence-corrected chi connectivity index (χ4v) is 2.78. The summed E-state index contributed by atoms with van der Waals surface area (Å²) >= 11 is 1.66. The molecule has 0 aliphatic carbocycles. The number of hydrogen-bond donors (Lipinski definition) is 1. The van der Waals surface area contributed by atoms with Gasteiger partial charge >= 0.3 is 0 Å². The maximum Gasteiger partial charge on any atom is 0.148 e. The lowest BCUT2D eigenvalue weighted by molar-refractivity contribution is 0.174. The van der Waals surface area contributed by atoms with Crippen molar-refractivity contribution in [1.29, 1.82) is 5.26 Å². The molecule has 1 aromatic carbocycles. The standard InChI is InChI=1S/C16H18N2OS/c1-2-14(18)16(15-4-3-11-20-15)19-13-7-5-12(6-8-13)9-10-17/h3-8,11,14,16H,2,9,18H2,1H3. The first kappa shape index (κ1) is 14.6. The van der Waals surface area contributed by atoms with Crippen LogP contribution >= 0.6 is 11.3 Å². The van der Waals surface area contributed by atoms with Gasteiger partial charge in [0.15, 0.2) is 0 Å². The molecule has 2 atom stereocenters. The van der Waals surface area contributed by atoms with Crippen LogP contribution < -0.4 is 10.5 Å². The van der Waals surface area contributed by atoms with Gasteiger partial charge < -0.3 is 10.5 Å². The molecule has 4 heteroatoms. The van der Waals surface area contributed by atoms with Crippen LogP contribution in [0.2, 0.25) is 0 Å². The van der Waals surface area contributed by atoms with Crippen LogP contribution in [-0.2, 0) is 6.42 Å². The van der Waals surface area contributed by atoms with E-state index in [-0.39, 0.29) is 12.1 Å². The van der Waals surface area contributed by atoms with Gasteiger partial charge in [-0.1, -0.05) is 25.1 Å². The molecule has 1 aromatic heterocycles. The number of nitrogens with two attached hydrogens (primary N) is 1. The lowest BCUT2D eigenvalue weighted by Gasteiger charge is -2.23. The Morgan fingerprint density at radius 1 is 1.30 bits per heavy atom. The Labute approximate surface area is 123 Å². The molecular weight excluding hydrogens is 268 g/mol. The molecule has 2 aromatic rings. The Balaban J connectivity index is 2.14. The zero-order valence-corrected chi connectivity index (χ0v) is 12.3. The zero-order chi connectivity index (χ0) is 14.4. The fraction of sp³-hybridized carbons (Fsp3) is 0.312. The van der Waals surface area contributed by atoms with Crippen LogP contribution in [0.4, 0.5) is 0 Å². The highest BCUT2D eigenvalue weighted by Crippen LogP contribution is 2.28. The normalized spacial score (nSPS) is 13.4. The SMILES string of the molecule is CCC(N)C(Oc1ccc(CC#N)cc1)c1cccs1. The summed E-state index contributed by atoms with van der Waals surface area (Å²) in [5, 5.41) is 10.7. The van der Waals surface area contributed by atoms with Crippen LogP contribution in [0.3, 0.4) is 0 Å². The van der Waals surface area contributed by atoms with Gasteiger partial charge in [0.25, 0.3) is 0 Å². The van der Waals surface area contributed by atoms with Crippen LogP contribution in [0.15, 0.2) is 41.8 Å². The third-order valence-corrected chi connectivity index (χ3v) is 4.09. The van der Waals surface area contributed by atoms with Gasteiger partial charge in [0.05, 0.1) is 12.5 Å². The summed E-state index contributed by atoms with van der Waals surface area (Å²) in [4.78, 5) is 1.14. The average molecular weight is 286 g/mol. The van der Waals surface area contributed by atoms with Crippen LogP contribution in [-0.4, -0.2) is 6.04 Å². The molecule has 1 heterocycles. The number of thiophene rings is 1.